The molecule has 1 saturated heterocycles. The first-order valence-corrected chi connectivity index (χ1v) is 10.0. The molecule has 1 atom stereocenters. The second kappa shape index (κ2) is 8.74. The lowest BCUT2D eigenvalue weighted by molar-refractivity contribution is -0.117. The molecular weight excluding hydrogens is 390 g/mol. The number of carbonyl (C=O) groups excluding carboxylic acids is 2. The van der Waals surface area contributed by atoms with Crippen LogP contribution in [0, 0.1) is 13.8 Å². The molecular formula is C22H26ClN3O3. The lowest BCUT2D eigenvalue weighted by Gasteiger charge is -2.21. The lowest BCUT2D eigenvalue weighted by Crippen LogP contribution is -2.32. The maximum atomic E-state index is 12.7. The van der Waals surface area contributed by atoms with Gasteiger partial charge in [0.25, 0.3) is 0 Å². The van der Waals surface area contributed by atoms with Gasteiger partial charge in [-0.2, -0.15) is 0 Å². The number of methoxy groups -OCH3 is 1. The van der Waals surface area contributed by atoms with Crippen molar-refractivity contribution in [2.75, 3.05) is 29.2 Å². The second-order valence-electron chi connectivity index (χ2n) is 7.31. The summed E-state index contributed by atoms with van der Waals surface area (Å²) in [7, 11) is 1.54. The van der Waals surface area contributed by atoms with Gasteiger partial charge in [0.1, 0.15) is 11.8 Å². The first kappa shape index (κ1) is 21.0. The van der Waals surface area contributed by atoms with Gasteiger partial charge in [0.2, 0.25) is 11.8 Å². The highest BCUT2D eigenvalue weighted by atomic mass is 35.5. The van der Waals surface area contributed by atoms with Gasteiger partial charge in [-0.25, -0.2) is 0 Å². The Bertz CT molecular complexity index is 945. The van der Waals surface area contributed by atoms with Gasteiger partial charge in [0.15, 0.2) is 0 Å². The van der Waals surface area contributed by atoms with Crippen molar-refractivity contribution in [3.63, 3.8) is 0 Å². The summed E-state index contributed by atoms with van der Waals surface area (Å²) in [5, 5.41) is 6.68. The van der Waals surface area contributed by atoms with Crippen LogP contribution in [0.5, 0.6) is 5.75 Å². The lowest BCUT2D eigenvalue weighted by atomic mass is 10.1. The Morgan fingerprint density at radius 3 is 2.59 bits per heavy atom. The van der Waals surface area contributed by atoms with E-state index >= 15 is 0 Å². The van der Waals surface area contributed by atoms with Crippen molar-refractivity contribution in [2.45, 2.75) is 39.7 Å². The summed E-state index contributed by atoms with van der Waals surface area (Å²) in [6.07, 6.45) is 1.49. The van der Waals surface area contributed by atoms with Crippen LogP contribution in [-0.2, 0) is 9.59 Å². The van der Waals surface area contributed by atoms with Crippen molar-refractivity contribution in [3.8, 4) is 5.75 Å². The molecule has 0 bridgehead atoms. The molecule has 29 heavy (non-hydrogen) atoms. The van der Waals surface area contributed by atoms with Crippen molar-refractivity contribution >= 4 is 40.5 Å². The molecule has 0 spiro atoms. The minimum Gasteiger partial charge on any atom is -0.495 e. The second-order valence-corrected chi connectivity index (χ2v) is 7.71. The average Bonchev–Trinajstić information content (AvgIpc) is 3.10. The predicted octanol–water partition coefficient (Wildman–Crippen LogP) is 4.53. The smallest absolute Gasteiger partial charge is 0.246 e. The Morgan fingerprint density at radius 2 is 1.97 bits per heavy atom. The van der Waals surface area contributed by atoms with Crippen molar-refractivity contribution in [1.29, 1.82) is 0 Å². The van der Waals surface area contributed by atoms with Crippen molar-refractivity contribution in [3.05, 3.63) is 46.5 Å². The van der Waals surface area contributed by atoms with Gasteiger partial charge >= 0.3 is 0 Å². The molecule has 2 N–H and O–H groups in total. The summed E-state index contributed by atoms with van der Waals surface area (Å²) in [6, 6.07) is 8.78. The molecule has 6 nitrogen and oxygen atoms in total. The summed E-state index contributed by atoms with van der Waals surface area (Å²) < 4.78 is 5.31. The Kier molecular flexibility index (Phi) is 6.33. The van der Waals surface area contributed by atoms with Crippen LogP contribution < -0.4 is 20.3 Å². The number of halogens is 1. The molecule has 1 aliphatic heterocycles. The number of hydrogen-bond donors (Lipinski definition) is 2. The molecule has 0 aromatic heterocycles. The van der Waals surface area contributed by atoms with Crippen LogP contribution in [0.25, 0.3) is 0 Å². The minimum atomic E-state index is -0.477. The minimum absolute atomic E-state index is 0.161. The van der Waals surface area contributed by atoms with Crippen LogP contribution in [0.3, 0.4) is 0 Å². The van der Waals surface area contributed by atoms with E-state index in [1.165, 1.54) is 7.11 Å². The van der Waals surface area contributed by atoms with Gasteiger partial charge in [0, 0.05) is 35.4 Å². The zero-order valence-electron chi connectivity index (χ0n) is 17.1. The number of nitrogens with zero attached hydrogens (tertiary/aromatic N) is 1. The van der Waals surface area contributed by atoms with Gasteiger partial charge in [-0.05, 0) is 62.6 Å². The van der Waals surface area contributed by atoms with Crippen LogP contribution >= 0.6 is 11.6 Å². The van der Waals surface area contributed by atoms with Gasteiger partial charge in [-0.3, -0.25) is 9.59 Å². The highest BCUT2D eigenvalue weighted by molar-refractivity contribution is 6.31. The molecule has 7 heteroatoms. The molecule has 1 fully saturated rings. The molecule has 3 rings (SSSR count). The maximum absolute atomic E-state index is 12.7. The Hall–Kier alpha value is -2.73. The van der Waals surface area contributed by atoms with Crippen LogP contribution in [0.4, 0.5) is 17.1 Å². The van der Waals surface area contributed by atoms with Crippen LogP contribution in [0.15, 0.2) is 30.3 Å². The molecule has 0 unspecified atom stereocenters. The van der Waals surface area contributed by atoms with E-state index in [-0.39, 0.29) is 11.8 Å². The molecule has 1 heterocycles. The Balaban J connectivity index is 1.69. The molecule has 1 aliphatic rings. The predicted molar refractivity (Wildman–Crippen MR) is 117 cm³/mol. The fraction of sp³-hybridized carbons (Fsp3) is 0.364. The summed E-state index contributed by atoms with van der Waals surface area (Å²) in [6.45, 7) is 6.39. The third-order valence-electron chi connectivity index (χ3n) is 5.08. The Morgan fingerprint density at radius 1 is 1.21 bits per heavy atom. The first-order chi connectivity index (χ1) is 13.8. The first-order valence-electron chi connectivity index (χ1n) is 9.62. The van der Waals surface area contributed by atoms with E-state index in [0.717, 1.165) is 35.5 Å². The number of amides is 2. The zero-order chi connectivity index (χ0) is 21.1. The van der Waals surface area contributed by atoms with Crippen LogP contribution in [0.1, 0.15) is 30.9 Å². The van der Waals surface area contributed by atoms with E-state index in [2.05, 4.69) is 10.6 Å². The molecule has 2 aromatic rings. The van der Waals surface area contributed by atoms with Crippen molar-refractivity contribution < 1.29 is 14.3 Å². The number of rotatable bonds is 6. The number of anilines is 3. The van der Waals surface area contributed by atoms with Gasteiger partial charge in [-0.15, -0.1) is 0 Å². The SMILES string of the molecule is COc1cc(Cl)c(C)cc1NC(=O)[C@@H](C)Nc1ccc(N2CCCC2=O)c(C)c1. The van der Waals surface area contributed by atoms with E-state index in [9.17, 15) is 9.59 Å². The third kappa shape index (κ3) is 4.65. The number of ether oxygens (including phenoxy) is 1. The molecule has 0 saturated carbocycles. The van der Waals surface area contributed by atoms with Gasteiger partial charge in [-0.1, -0.05) is 11.6 Å². The molecule has 2 aromatic carbocycles. The van der Waals surface area contributed by atoms with Gasteiger partial charge in [0.05, 0.1) is 12.8 Å². The molecule has 0 radical (unpaired) electrons. The average molecular weight is 416 g/mol. The quantitative estimate of drug-likeness (QED) is 0.727. The Labute approximate surface area is 176 Å². The topological polar surface area (TPSA) is 70.7 Å². The third-order valence-corrected chi connectivity index (χ3v) is 5.48. The fourth-order valence-corrected chi connectivity index (χ4v) is 3.59. The molecule has 154 valence electrons. The van der Waals surface area contributed by atoms with Crippen molar-refractivity contribution in [1.82, 2.24) is 0 Å². The van der Waals surface area contributed by atoms with Gasteiger partial charge < -0.3 is 20.3 Å². The van der Waals surface area contributed by atoms with Crippen LogP contribution in [-0.4, -0.2) is 31.5 Å². The normalized spacial score (nSPS) is 14.7. The number of benzene rings is 2. The largest absolute Gasteiger partial charge is 0.495 e. The van der Waals surface area contributed by atoms with E-state index < -0.39 is 6.04 Å². The molecule has 0 aliphatic carbocycles. The maximum Gasteiger partial charge on any atom is 0.246 e. The number of nitrogens with one attached hydrogen (secondary N) is 2. The molecule has 2 amide bonds. The summed E-state index contributed by atoms with van der Waals surface area (Å²) >= 11 is 6.13. The zero-order valence-corrected chi connectivity index (χ0v) is 17.9. The standard InChI is InChI=1S/C22H26ClN3O3/c1-13-11-18(20(29-4)12-17(13)23)25-22(28)15(3)24-16-7-8-19(14(2)10-16)26-9-5-6-21(26)27/h7-8,10-12,15,24H,5-6,9H2,1-4H3,(H,25,28)/t15-/m1/s1. The number of hydrogen-bond acceptors (Lipinski definition) is 4. The monoisotopic (exact) mass is 415 g/mol. The van der Waals surface area contributed by atoms with E-state index in [4.69, 9.17) is 16.3 Å². The van der Waals surface area contributed by atoms with Crippen molar-refractivity contribution in [2.24, 2.45) is 0 Å². The fourth-order valence-electron chi connectivity index (χ4n) is 3.44. The van der Waals surface area contributed by atoms with E-state index in [1.807, 2.05) is 36.9 Å². The summed E-state index contributed by atoms with van der Waals surface area (Å²) in [5.74, 6) is 0.479. The summed E-state index contributed by atoms with van der Waals surface area (Å²) in [5.41, 5.74) is 4.17. The summed E-state index contributed by atoms with van der Waals surface area (Å²) in [4.78, 5) is 26.5. The highest BCUT2D eigenvalue weighted by Gasteiger charge is 2.23. The van der Waals surface area contributed by atoms with Crippen LogP contribution in [0.2, 0.25) is 5.02 Å². The number of aryl methyl sites for hydroxylation is 2. The number of carbonyl (C=O) groups is 2. The van der Waals surface area contributed by atoms with E-state index in [0.29, 0.717) is 22.9 Å². The van der Waals surface area contributed by atoms with E-state index in [1.54, 1.807) is 19.1 Å². The highest BCUT2D eigenvalue weighted by Crippen LogP contribution is 2.31.